The van der Waals surface area contributed by atoms with Crippen molar-refractivity contribution in [2.45, 2.75) is 45.1 Å². The van der Waals surface area contributed by atoms with Gasteiger partial charge in [0.25, 0.3) is 0 Å². The zero-order valence-corrected chi connectivity index (χ0v) is 18.0. The molecule has 0 N–H and O–H groups in total. The highest BCUT2D eigenvalue weighted by atomic mass is 19.1. The fraction of sp³-hybridized carbons (Fsp3) is 0.640. The Bertz CT molecular complexity index is 834. The summed E-state index contributed by atoms with van der Waals surface area (Å²) in [5.74, 6) is 0.646. The standard InChI is InChI=1S/C25H33FN2O2/c1-17-6-5-9-25(2)15-23-18(14-20(17)25)19(24(29)30-23)16-27-10-12-28(13-11-27)22-8-4-3-7-21(22)26/h3-4,7-8,18-20,23H,1,5-6,9-16H2,2H3/t18-,19-,20+,23-,25-/m1/s1. The molecule has 2 saturated heterocycles. The van der Waals surface area contributed by atoms with Crippen molar-refractivity contribution >= 4 is 11.7 Å². The van der Waals surface area contributed by atoms with E-state index >= 15 is 0 Å². The Morgan fingerprint density at radius 2 is 2.00 bits per heavy atom. The molecule has 162 valence electrons. The normalized spacial score (nSPS) is 36.9. The number of halogens is 1. The molecule has 0 amide bonds. The van der Waals surface area contributed by atoms with Crippen molar-refractivity contribution in [3.63, 3.8) is 0 Å². The summed E-state index contributed by atoms with van der Waals surface area (Å²) >= 11 is 0. The lowest BCUT2D eigenvalue weighted by Crippen LogP contribution is -2.50. The molecular formula is C25H33FN2O2. The SMILES string of the molecule is C=C1CCC[C@]2(C)C[C@H]3OC(=O)[C@H](CN4CCN(c5ccccc5F)CC4)[C@H]3C[C@@H]12. The van der Waals surface area contributed by atoms with Gasteiger partial charge >= 0.3 is 5.97 Å². The molecule has 5 atom stereocenters. The maximum absolute atomic E-state index is 14.1. The minimum atomic E-state index is -0.161. The second-order valence-corrected chi connectivity index (χ2v) is 10.1. The topological polar surface area (TPSA) is 32.8 Å². The van der Waals surface area contributed by atoms with Crippen LogP contribution in [0.2, 0.25) is 0 Å². The van der Waals surface area contributed by atoms with Gasteiger partial charge in [0.15, 0.2) is 0 Å². The molecule has 0 unspecified atom stereocenters. The van der Waals surface area contributed by atoms with Crippen molar-refractivity contribution < 1.29 is 13.9 Å². The molecule has 1 aromatic carbocycles. The number of nitrogens with zero attached hydrogens (tertiary/aromatic N) is 2. The van der Waals surface area contributed by atoms with E-state index in [1.807, 2.05) is 12.1 Å². The van der Waals surface area contributed by atoms with E-state index in [1.54, 1.807) is 6.07 Å². The Morgan fingerprint density at radius 1 is 1.23 bits per heavy atom. The van der Waals surface area contributed by atoms with Gasteiger partial charge in [-0.15, -0.1) is 0 Å². The number of piperazine rings is 1. The van der Waals surface area contributed by atoms with E-state index in [4.69, 9.17) is 4.74 Å². The second-order valence-electron chi connectivity index (χ2n) is 10.1. The summed E-state index contributed by atoms with van der Waals surface area (Å²) in [5, 5.41) is 0. The van der Waals surface area contributed by atoms with Gasteiger partial charge in [-0.25, -0.2) is 4.39 Å². The van der Waals surface area contributed by atoms with Crippen molar-refractivity contribution in [3.8, 4) is 0 Å². The number of allylic oxidation sites excluding steroid dienone is 1. The molecule has 2 heterocycles. The number of carbonyl (C=O) groups excluding carboxylic acids is 1. The number of fused-ring (bicyclic) bond motifs is 2. The van der Waals surface area contributed by atoms with Gasteiger partial charge < -0.3 is 9.64 Å². The lowest BCUT2D eigenvalue weighted by Gasteiger charge is -2.50. The third-order valence-corrected chi connectivity index (χ3v) is 8.34. The van der Waals surface area contributed by atoms with Crippen LogP contribution in [0.4, 0.5) is 10.1 Å². The number of rotatable bonds is 3. The highest BCUT2D eigenvalue weighted by molar-refractivity contribution is 5.75. The van der Waals surface area contributed by atoms with E-state index in [2.05, 4.69) is 23.3 Å². The van der Waals surface area contributed by atoms with Crippen molar-refractivity contribution in [1.82, 2.24) is 4.90 Å². The van der Waals surface area contributed by atoms with Gasteiger partial charge in [0.2, 0.25) is 0 Å². The number of anilines is 1. The lowest BCUT2D eigenvalue weighted by atomic mass is 9.55. The van der Waals surface area contributed by atoms with Gasteiger partial charge in [0, 0.05) is 38.6 Å². The van der Waals surface area contributed by atoms with E-state index < -0.39 is 0 Å². The average molecular weight is 413 g/mol. The maximum Gasteiger partial charge on any atom is 0.310 e. The van der Waals surface area contributed by atoms with Gasteiger partial charge in [0.1, 0.15) is 11.9 Å². The molecule has 1 aromatic rings. The lowest BCUT2D eigenvalue weighted by molar-refractivity contribution is -0.146. The quantitative estimate of drug-likeness (QED) is 0.549. The summed E-state index contributed by atoms with van der Waals surface area (Å²) in [6.07, 6.45) is 5.69. The van der Waals surface area contributed by atoms with Crippen LogP contribution in [-0.4, -0.2) is 49.7 Å². The van der Waals surface area contributed by atoms with E-state index in [0.717, 1.165) is 52.0 Å². The largest absolute Gasteiger partial charge is 0.462 e. The highest BCUT2D eigenvalue weighted by Gasteiger charge is 2.55. The first-order valence-electron chi connectivity index (χ1n) is 11.5. The summed E-state index contributed by atoms with van der Waals surface area (Å²) in [6, 6.07) is 6.98. The van der Waals surface area contributed by atoms with Gasteiger partial charge in [0.05, 0.1) is 11.6 Å². The van der Waals surface area contributed by atoms with Gasteiger partial charge in [-0.2, -0.15) is 0 Å². The minimum absolute atomic E-state index is 0.00519. The highest BCUT2D eigenvalue weighted by Crippen LogP contribution is 2.56. The first-order chi connectivity index (χ1) is 14.4. The number of esters is 1. The average Bonchev–Trinajstić information content (AvgIpc) is 3.01. The molecule has 2 aliphatic carbocycles. The smallest absolute Gasteiger partial charge is 0.310 e. The van der Waals surface area contributed by atoms with Crippen molar-refractivity contribution in [1.29, 1.82) is 0 Å². The predicted molar refractivity (Wildman–Crippen MR) is 116 cm³/mol. The second kappa shape index (κ2) is 7.67. The molecule has 0 bridgehead atoms. The summed E-state index contributed by atoms with van der Waals surface area (Å²) in [4.78, 5) is 17.3. The van der Waals surface area contributed by atoms with Crippen molar-refractivity contribution in [3.05, 3.63) is 42.2 Å². The monoisotopic (exact) mass is 412 g/mol. The number of para-hydroxylation sites is 1. The fourth-order valence-electron chi connectivity index (χ4n) is 6.62. The number of carbonyl (C=O) groups is 1. The van der Waals surface area contributed by atoms with Crippen molar-refractivity contribution in [2.75, 3.05) is 37.6 Å². The van der Waals surface area contributed by atoms with Crippen LogP contribution < -0.4 is 4.90 Å². The Morgan fingerprint density at radius 3 is 2.77 bits per heavy atom. The van der Waals surface area contributed by atoms with E-state index in [9.17, 15) is 9.18 Å². The number of ether oxygens (including phenoxy) is 1. The van der Waals surface area contributed by atoms with Gasteiger partial charge in [-0.3, -0.25) is 9.69 Å². The van der Waals surface area contributed by atoms with Crippen LogP contribution in [0, 0.1) is 29.0 Å². The fourth-order valence-corrected chi connectivity index (χ4v) is 6.62. The summed E-state index contributed by atoms with van der Waals surface area (Å²) in [6.45, 7) is 10.8. The molecule has 5 heteroatoms. The molecule has 0 radical (unpaired) electrons. The molecule has 5 rings (SSSR count). The van der Waals surface area contributed by atoms with E-state index in [0.29, 0.717) is 17.5 Å². The number of hydrogen-bond donors (Lipinski definition) is 0. The molecule has 4 aliphatic rings. The molecule has 4 nitrogen and oxygen atoms in total. The summed E-state index contributed by atoms with van der Waals surface area (Å²) in [7, 11) is 0. The van der Waals surface area contributed by atoms with Crippen molar-refractivity contribution in [2.24, 2.45) is 23.2 Å². The summed E-state index contributed by atoms with van der Waals surface area (Å²) in [5.41, 5.74) is 2.32. The molecule has 0 spiro atoms. The van der Waals surface area contributed by atoms with Crippen LogP contribution in [0.1, 0.15) is 39.0 Å². The van der Waals surface area contributed by atoms with E-state index in [-0.39, 0.29) is 29.2 Å². The number of hydrogen-bond acceptors (Lipinski definition) is 4. The molecular weight excluding hydrogens is 379 g/mol. The first-order valence-corrected chi connectivity index (χ1v) is 11.5. The minimum Gasteiger partial charge on any atom is -0.462 e. The molecule has 2 aliphatic heterocycles. The molecule has 0 aromatic heterocycles. The summed E-state index contributed by atoms with van der Waals surface area (Å²) < 4.78 is 20.0. The van der Waals surface area contributed by atoms with E-state index in [1.165, 1.54) is 24.5 Å². The number of benzene rings is 1. The zero-order valence-electron chi connectivity index (χ0n) is 18.0. The van der Waals surface area contributed by atoms with Crippen LogP contribution >= 0.6 is 0 Å². The Balaban J connectivity index is 1.23. The van der Waals surface area contributed by atoms with Crippen LogP contribution in [0.3, 0.4) is 0 Å². The molecule has 30 heavy (non-hydrogen) atoms. The third-order valence-electron chi connectivity index (χ3n) is 8.34. The Hall–Kier alpha value is -1.88. The van der Waals surface area contributed by atoms with Gasteiger partial charge in [-0.1, -0.05) is 31.2 Å². The first kappa shape index (κ1) is 20.0. The van der Waals surface area contributed by atoms with Crippen LogP contribution in [0.15, 0.2) is 36.4 Å². The predicted octanol–water partition coefficient (Wildman–Crippen LogP) is 4.26. The van der Waals surface area contributed by atoms with Crippen LogP contribution in [0.25, 0.3) is 0 Å². The zero-order chi connectivity index (χ0) is 20.9. The third kappa shape index (κ3) is 3.45. The Labute approximate surface area is 179 Å². The molecule has 2 saturated carbocycles. The Kier molecular flexibility index (Phi) is 5.12. The maximum atomic E-state index is 14.1. The molecule has 4 fully saturated rings. The van der Waals surface area contributed by atoms with Crippen LogP contribution in [-0.2, 0) is 9.53 Å². The van der Waals surface area contributed by atoms with Gasteiger partial charge in [-0.05, 0) is 55.6 Å². The van der Waals surface area contributed by atoms with Crippen LogP contribution in [0.5, 0.6) is 0 Å².